The summed E-state index contributed by atoms with van der Waals surface area (Å²) in [5.41, 5.74) is 0.730. The first-order valence-electron chi connectivity index (χ1n) is 11.5. The highest BCUT2D eigenvalue weighted by Crippen LogP contribution is 2.44. The third-order valence-electron chi connectivity index (χ3n) is 6.33. The van der Waals surface area contributed by atoms with Gasteiger partial charge in [-0.05, 0) is 64.9 Å². The van der Waals surface area contributed by atoms with Gasteiger partial charge in [-0.2, -0.15) is 0 Å². The molecule has 1 amide bonds. The molecule has 10 heteroatoms. The van der Waals surface area contributed by atoms with Crippen molar-refractivity contribution in [1.82, 2.24) is 9.80 Å². The van der Waals surface area contributed by atoms with Crippen LogP contribution in [0.1, 0.15) is 31.0 Å². The lowest BCUT2D eigenvalue weighted by Crippen LogP contribution is -2.38. The Kier molecular flexibility index (Phi) is 8.86. The average Bonchev–Trinajstić information content (AvgIpc) is 3.14. The number of methoxy groups -OCH3 is 3. The van der Waals surface area contributed by atoms with E-state index in [0.717, 1.165) is 13.1 Å². The van der Waals surface area contributed by atoms with Crippen LogP contribution in [0, 0.1) is 0 Å². The SMILES string of the molecule is CCN(CC)CCN1C(=O)C(=O)/C(=C(/O)c2ccc(OC)c(OC)c2)C1c1cc(Br)c(O)c(OC)c1. The van der Waals surface area contributed by atoms with Crippen molar-refractivity contribution in [3.63, 3.8) is 0 Å². The molecular formula is C26H31BrN2O7. The summed E-state index contributed by atoms with van der Waals surface area (Å²) in [6.07, 6.45) is 0. The zero-order valence-corrected chi connectivity index (χ0v) is 22.6. The molecule has 1 fully saturated rings. The van der Waals surface area contributed by atoms with Crippen molar-refractivity contribution in [1.29, 1.82) is 0 Å². The number of nitrogens with zero attached hydrogens (tertiary/aromatic N) is 2. The number of aromatic hydroxyl groups is 1. The summed E-state index contributed by atoms with van der Waals surface area (Å²) in [7, 11) is 4.37. The lowest BCUT2D eigenvalue weighted by Gasteiger charge is -2.28. The van der Waals surface area contributed by atoms with Crippen LogP contribution in [0.5, 0.6) is 23.0 Å². The van der Waals surface area contributed by atoms with Gasteiger partial charge in [0, 0.05) is 18.7 Å². The van der Waals surface area contributed by atoms with Gasteiger partial charge in [-0.3, -0.25) is 9.59 Å². The van der Waals surface area contributed by atoms with Crippen molar-refractivity contribution >= 4 is 33.4 Å². The minimum atomic E-state index is -0.903. The molecule has 1 aliphatic heterocycles. The highest BCUT2D eigenvalue weighted by Gasteiger charge is 2.46. The van der Waals surface area contributed by atoms with Gasteiger partial charge in [-0.1, -0.05) is 13.8 Å². The number of carbonyl (C=O) groups is 2. The molecule has 0 saturated carbocycles. The molecule has 9 nitrogen and oxygen atoms in total. The predicted molar refractivity (Wildman–Crippen MR) is 139 cm³/mol. The van der Waals surface area contributed by atoms with E-state index < -0.39 is 17.7 Å². The topological polar surface area (TPSA) is 109 Å². The summed E-state index contributed by atoms with van der Waals surface area (Å²) < 4.78 is 16.2. The number of aliphatic hydroxyl groups is 1. The number of likely N-dealkylation sites (tertiary alicyclic amines) is 1. The number of rotatable bonds is 10. The van der Waals surface area contributed by atoms with Gasteiger partial charge in [-0.15, -0.1) is 0 Å². The van der Waals surface area contributed by atoms with E-state index in [0.29, 0.717) is 33.6 Å². The summed E-state index contributed by atoms with van der Waals surface area (Å²) >= 11 is 3.32. The number of hydrogen-bond donors (Lipinski definition) is 2. The normalized spacial score (nSPS) is 17.1. The molecule has 0 spiro atoms. The van der Waals surface area contributed by atoms with Crippen molar-refractivity contribution in [3.8, 4) is 23.0 Å². The summed E-state index contributed by atoms with van der Waals surface area (Å²) in [5.74, 6) is -0.971. The Labute approximate surface area is 219 Å². The lowest BCUT2D eigenvalue weighted by atomic mass is 9.94. The molecule has 1 saturated heterocycles. The Morgan fingerprint density at radius 2 is 1.64 bits per heavy atom. The van der Waals surface area contributed by atoms with Crippen LogP contribution < -0.4 is 14.2 Å². The highest BCUT2D eigenvalue weighted by atomic mass is 79.9. The van der Waals surface area contributed by atoms with Crippen LogP contribution in [0.2, 0.25) is 0 Å². The van der Waals surface area contributed by atoms with Crippen molar-refractivity contribution in [3.05, 3.63) is 51.5 Å². The molecule has 2 N–H and O–H groups in total. The number of phenolic OH excluding ortho intramolecular Hbond substituents is 1. The molecule has 1 aliphatic rings. The molecule has 194 valence electrons. The van der Waals surface area contributed by atoms with Gasteiger partial charge in [0.2, 0.25) is 0 Å². The Hall–Kier alpha value is -3.24. The quantitative estimate of drug-likeness (QED) is 0.254. The summed E-state index contributed by atoms with van der Waals surface area (Å²) in [5, 5.41) is 21.7. The maximum absolute atomic E-state index is 13.3. The zero-order valence-electron chi connectivity index (χ0n) is 21.0. The second-order valence-corrected chi connectivity index (χ2v) is 9.00. The molecule has 1 heterocycles. The van der Waals surface area contributed by atoms with Crippen molar-refractivity contribution in [2.24, 2.45) is 0 Å². The Bertz CT molecular complexity index is 1180. The number of carbonyl (C=O) groups excluding carboxylic acids is 2. The fourth-order valence-electron chi connectivity index (χ4n) is 4.29. The van der Waals surface area contributed by atoms with E-state index in [2.05, 4.69) is 20.8 Å². The van der Waals surface area contributed by atoms with Crippen LogP contribution in [-0.4, -0.2) is 79.2 Å². The maximum atomic E-state index is 13.3. The standard InChI is InChI=1S/C26H31BrN2O7/c1-6-28(7-2)10-11-29-22(16-12-17(27)24(31)20(14-16)36-5)21(25(32)26(29)33)23(30)15-8-9-18(34-3)19(13-15)35-4/h8-9,12-14,22,30-31H,6-7,10-11H2,1-5H3/b23-21+. The molecular weight excluding hydrogens is 532 g/mol. The first kappa shape index (κ1) is 27.3. The third-order valence-corrected chi connectivity index (χ3v) is 6.94. The number of ether oxygens (including phenoxy) is 3. The van der Waals surface area contributed by atoms with Crippen LogP contribution in [0.25, 0.3) is 5.76 Å². The molecule has 2 aromatic carbocycles. The van der Waals surface area contributed by atoms with Crippen molar-refractivity contribution in [2.45, 2.75) is 19.9 Å². The van der Waals surface area contributed by atoms with Crippen molar-refractivity contribution in [2.75, 3.05) is 47.5 Å². The number of Topliss-reactive ketones (excluding diaryl/α,β-unsaturated/α-hetero) is 1. The number of benzene rings is 2. The number of ketones is 1. The summed E-state index contributed by atoms with van der Waals surface area (Å²) in [4.78, 5) is 30.1. The molecule has 0 aromatic heterocycles. The van der Waals surface area contributed by atoms with Gasteiger partial charge in [0.05, 0.1) is 37.4 Å². The molecule has 1 atom stereocenters. The molecule has 0 aliphatic carbocycles. The van der Waals surface area contributed by atoms with Crippen LogP contribution in [0.4, 0.5) is 0 Å². The summed E-state index contributed by atoms with van der Waals surface area (Å²) in [6, 6.07) is 7.01. The van der Waals surface area contributed by atoms with E-state index in [1.165, 1.54) is 26.2 Å². The molecule has 3 rings (SSSR count). The van der Waals surface area contributed by atoms with Gasteiger partial charge in [0.1, 0.15) is 5.76 Å². The largest absolute Gasteiger partial charge is 0.507 e. The average molecular weight is 563 g/mol. The van der Waals surface area contributed by atoms with E-state index in [9.17, 15) is 19.8 Å². The number of halogens is 1. The van der Waals surface area contributed by atoms with E-state index in [4.69, 9.17) is 14.2 Å². The number of phenols is 1. The molecule has 0 bridgehead atoms. The minimum Gasteiger partial charge on any atom is -0.507 e. The van der Waals surface area contributed by atoms with E-state index in [1.807, 2.05) is 13.8 Å². The Morgan fingerprint density at radius 1 is 1.00 bits per heavy atom. The fraction of sp³-hybridized carbons (Fsp3) is 0.385. The van der Waals surface area contributed by atoms with E-state index in [1.54, 1.807) is 30.3 Å². The van der Waals surface area contributed by atoms with Gasteiger partial charge >= 0.3 is 0 Å². The molecule has 2 aromatic rings. The van der Waals surface area contributed by atoms with E-state index >= 15 is 0 Å². The van der Waals surface area contributed by atoms with Gasteiger partial charge < -0.3 is 34.2 Å². The number of amides is 1. The van der Waals surface area contributed by atoms with Gasteiger partial charge in [0.15, 0.2) is 23.0 Å². The first-order valence-corrected chi connectivity index (χ1v) is 12.3. The monoisotopic (exact) mass is 562 g/mol. The Morgan fingerprint density at radius 3 is 2.22 bits per heavy atom. The molecule has 1 unspecified atom stereocenters. The van der Waals surface area contributed by atoms with Crippen LogP contribution >= 0.6 is 15.9 Å². The summed E-state index contributed by atoms with van der Waals surface area (Å²) in [6.45, 7) is 6.43. The fourth-order valence-corrected chi connectivity index (χ4v) is 4.75. The second-order valence-electron chi connectivity index (χ2n) is 8.14. The Balaban J connectivity index is 2.21. The lowest BCUT2D eigenvalue weighted by molar-refractivity contribution is -0.140. The minimum absolute atomic E-state index is 0.0635. The second kappa shape index (κ2) is 11.7. The van der Waals surface area contributed by atoms with Crippen LogP contribution in [0.3, 0.4) is 0 Å². The van der Waals surface area contributed by atoms with Gasteiger partial charge in [-0.25, -0.2) is 0 Å². The highest BCUT2D eigenvalue weighted by molar-refractivity contribution is 9.10. The number of aliphatic hydroxyl groups excluding tert-OH is 1. The number of hydrogen-bond acceptors (Lipinski definition) is 8. The number of likely N-dealkylation sites (N-methyl/N-ethyl adjacent to an activating group) is 1. The zero-order chi connectivity index (χ0) is 26.6. The maximum Gasteiger partial charge on any atom is 0.295 e. The molecule has 36 heavy (non-hydrogen) atoms. The van der Waals surface area contributed by atoms with Gasteiger partial charge in [0.25, 0.3) is 11.7 Å². The van der Waals surface area contributed by atoms with Crippen LogP contribution in [0.15, 0.2) is 40.4 Å². The predicted octanol–water partition coefficient (Wildman–Crippen LogP) is 3.94. The smallest absolute Gasteiger partial charge is 0.295 e. The van der Waals surface area contributed by atoms with Crippen molar-refractivity contribution < 1.29 is 34.0 Å². The molecule has 0 radical (unpaired) electrons. The van der Waals surface area contributed by atoms with Crippen LogP contribution in [-0.2, 0) is 9.59 Å². The van der Waals surface area contributed by atoms with E-state index in [-0.39, 0.29) is 29.4 Å². The first-order chi connectivity index (χ1) is 17.2. The third kappa shape index (κ3) is 5.15.